The predicted octanol–water partition coefficient (Wildman–Crippen LogP) is 3.31. The summed E-state index contributed by atoms with van der Waals surface area (Å²) in [6, 6.07) is 1.71. The molecule has 0 aliphatic carbocycles. The van der Waals surface area contributed by atoms with Crippen LogP contribution >= 0.6 is 11.6 Å². The van der Waals surface area contributed by atoms with Gasteiger partial charge in [-0.1, -0.05) is 11.6 Å². The molecule has 0 unspecified atom stereocenters. The summed E-state index contributed by atoms with van der Waals surface area (Å²) in [4.78, 5) is 28.6. The molecule has 1 N–H and O–H groups in total. The topological polar surface area (TPSA) is 80.8 Å². The maximum Gasteiger partial charge on any atom is 0.419 e. The highest BCUT2D eigenvalue weighted by Gasteiger charge is 2.39. The summed E-state index contributed by atoms with van der Waals surface area (Å²) >= 11 is 5.57. The fourth-order valence-electron chi connectivity index (χ4n) is 2.96. The summed E-state index contributed by atoms with van der Waals surface area (Å²) in [5.74, 6) is -2.21. The van der Waals surface area contributed by atoms with E-state index in [0.29, 0.717) is 24.6 Å². The second kappa shape index (κ2) is 7.34. The van der Waals surface area contributed by atoms with E-state index in [0.717, 1.165) is 12.1 Å². The fourth-order valence-corrected chi connectivity index (χ4v) is 3.22. The highest BCUT2D eigenvalue weighted by atomic mass is 35.5. The van der Waals surface area contributed by atoms with Crippen molar-refractivity contribution >= 4 is 29.2 Å². The molecule has 0 aromatic carbocycles. The van der Waals surface area contributed by atoms with E-state index in [1.807, 2.05) is 0 Å². The van der Waals surface area contributed by atoms with E-state index in [2.05, 4.69) is 10.4 Å². The van der Waals surface area contributed by atoms with Crippen LogP contribution in [0.2, 0.25) is 5.15 Å². The Morgan fingerprint density at radius 2 is 1.89 bits per heavy atom. The fraction of sp³-hybridized carbons (Fsp3) is 0.471. The molecule has 0 atom stereocenters. The number of nitrogens with one attached hydrogen (secondary N) is 1. The number of rotatable bonds is 5. The Bertz CT molecular complexity index is 851. The molecule has 0 spiro atoms. The quantitative estimate of drug-likeness (QED) is 0.582. The molecule has 1 aromatic heterocycles. The van der Waals surface area contributed by atoms with Crippen molar-refractivity contribution in [2.45, 2.75) is 38.7 Å². The van der Waals surface area contributed by atoms with E-state index in [9.17, 15) is 22.8 Å². The van der Waals surface area contributed by atoms with Crippen molar-refractivity contribution in [3.05, 3.63) is 34.0 Å². The highest BCUT2D eigenvalue weighted by molar-refractivity contribution is 6.30. The van der Waals surface area contributed by atoms with Gasteiger partial charge in [0.2, 0.25) is 0 Å². The Hall–Kier alpha value is -2.17. The molecule has 3 heterocycles. The Balaban J connectivity index is 1.72. The first-order valence-electron chi connectivity index (χ1n) is 8.39. The number of amides is 2. The van der Waals surface area contributed by atoms with Crippen LogP contribution in [0.1, 0.15) is 32.3 Å². The molecule has 1 aromatic rings. The molecule has 3 rings (SSSR count). The van der Waals surface area contributed by atoms with Crippen LogP contribution in [-0.2, 0) is 25.2 Å². The number of carbonyl (C=O) groups excluding carboxylic acids is 2. The molecule has 1 fully saturated rings. The second-order valence-corrected chi connectivity index (χ2v) is 6.88. The number of carbonyl (C=O) groups is 2. The van der Waals surface area contributed by atoms with Gasteiger partial charge in [0.05, 0.1) is 18.8 Å². The molecule has 0 radical (unpaired) electrons. The number of ether oxygens (including phenoxy) is 2. The van der Waals surface area contributed by atoms with E-state index in [1.54, 1.807) is 6.92 Å². The molecule has 152 valence electrons. The van der Waals surface area contributed by atoms with Crippen LogP contribution in [0.25, 0.3) is 0 Å². The van der Waals surface area contributed by atoms with Gasteiger partial charge in [0.25, 0.3) is 11.8 Å². The number of alkyl halides is 3. The number of hydrogen-bond acceptors (Lipinski definition) is 6. The lowest BCUT2D eigenvalue weighted by molar-refractivity contribution is -0.146. The number of aromatic nitrogens is 1. The Morgan fingerprint density at radius 3 is 2.46 bits per heavy atom. The zero-order valence-corrected chi connectivity index (χ0v) is 15.8. The maximum atomic E-state index is 12.8. The molecule has 28 heavy (non-hydrogen) atoms. The zero-order valence-electron chi connectivity index (χ0n) is 15.0. The minimum atomic E-state index is -4.66. The predicted molar refractivity (Wildman–Crippen MR) is 92.0 cm³/mol. The van der Waals surface area contributed by atoms with Crippen molar-refractivity contribution in [2.75, 3.05) is 18.6 Å². The highest BCUT2D eigenvalue weighted by Crippen LogP contribution is 2.35. The first kappa shape index (κ1) is 20.6. The summed E-state index contributed by atoms with van der Waals surface area (Å²) in [6.45, 7) is 4.16. The number of nitrogens with zero attached hydrogens (tertiary/aromatic N) is 2. The van der Waals surface area contributed by atoms with E-state index in [1.165, 1.54) is 6.92 Å². The van der Waals surface area contributed by atoms with Crippen molar-refractivity contribution in [1.29, 1.82) is 0 Å². The summed E-state index contributed by atoms with van der Waals surface area (Å²) in [5.41, 5.74) is 1.82. The van der Waals surface area contributed by atoms with Crippen molar-refractivity contribution in [1.82, 2.24) is 9.99 Å². The van der Waals surface area contributed by atoms with Crippen molar-refractivity contribution < 1.29 is 32.2 Å². The van der Waals surface area contributed by atoms with E-state index < -0.39 is 34.5 Å². The molecular weight excluding hydrogens is 403 g/mol. The smallest absolute Gasteiger partial charge is 0.348 e. The number of pyridine rings is 1. The summed E-state index contributed by atoms with van der Waals surface area (Å²) < 4.78 is 49.3. The third kappa shape index (κ3) is 3.98. The standard InChI is InChI=1S/C17H17ClF3N3O4/c1-9-10(5-6-16(2)27-7-8-28-16)15(26)24(14(9)25)23-12-4-3-11(13(18)22-12)17(19,20)21/h3-4H,5-8H2,1-2H3,(H,22,23). The van der Waals surface area contributed by atoms with E-state index in [-0.39, 0.29) is 23.4 Å². The first-order chi connectivity index (χ1) is 13.0. The molecule has 0 bridgehead atoms. The van der Waals surface area contributed by atoms with Crippen LogP contribution in [0.4, 0.5) is 19.0 Å². The van der Waals surface area contributed by atoms with Gasteiger partial charge in [0.1, 0.15) is 11.0 Å². The first-order valence-corrected chi connectivity index (χ1v) is 8.76. The lowest BCUT2D eigenvalue weighted by atomic mass is 10.0. The number of hydrogen-bond donors (Lipinski definition) is 1. The molecule has 2 aliphatic heterocycles. The third-order valence-electron chi connectivity index (χ3n) is 4.55. The van der Waals surface area contributed by atoms with Crippen LogP contribution in [0.5, 0.6) is 0 Å². The normalized spacial score (nSPS) is 19.7. The van der Waals surface area contributed by atoms with Crippen LogP contribution in [0.15, 0.2) is 23.3 Å². The minimum absolute atomic E-state index is 0.164. The van der Waals surface area contributed by atoms with Crippen molar-refractivity contribution in [3.8, 4) is 0 Å². The van der Waals surface area contributed by atoms with Gasteiger partial charge in [-0.2, -0.15) is 18.2 Å². The number of imide groups is 1. The number of halogens is 4. The van der Waals surface area contributed by atoms with Gasteiger partial charge in [-0.3, -0.25) is 15.0 Å². The average molecular weight is 420 g/mol. The minimum Gasteiger partial charge on any atom is -0.348 e. The monoisotopic (exact) mass is 419 g/mol. The van der Waals surface area contributed by atoms with E-state index in [4.69, 9.17) is 21.1 Å². The SMILES string of the molecule is CC1=C(CCC2(C)OCCO2)C(=O)N(Nc2ccc(C(F)(F)F)c(Cl)n2)C1=O. The lowest BCUT2D eigenvalue weighted by Crippen LogP contribution is -2.37. The van der Waals surface area contributed by atoms with Gasteiger partial charge in [-0.05, 0) is 32.4 Å². The van der Waals surface area contributed by atoms with Gasteiger partial charge < -0.3 is 9.47 Å². The second-order valence-electron chi connectivity index (χ2n) is 6.52. The molecular formula is C17H17ClF3N3O4. The summed E-state index contributed by atoms with van der Waals surface area (Å²) in [7, 11) is 0. The average Bonchev–Trinajstić information content (AvgIpc) is 3.11. The molecule has 0 saturated carbocycles. The van der Waals surface area contributed by atoms with Gasteiger partial charge in [0.15, 0.2) is 5.79 Å². The Morgan fingerprint density at radius 1 is 1.25 bits per heavy atom. The molecule has 7 nitrogen and oxygen atoms in total. The van der Waals surface area contributed by atoms with Gasteiger partial charge in [-0.25, -0.2) is 4.98 Å². The van der Waals surface area contributed by atoms with Gasteiger partial charge >= 0.3 is 6.18 Å². The van der Waals surface area contributed by atoms with Crippen molar-refractivity contribution in [3.63, 3.8) is 0 Å². The maximum absolute atomic E-state index is 12.8. The summed E-state index contributed by atoms with van der Waals surface area (Å²) in [6.07, 6.45) is -4.04. The van der Waals surface area contributed by atoms with Gasteiger partial charge in [-0.15, -0.1) is 0 Å². The molecule has 1 saturated heterocycles. The number of anilines is 1. The Labute approximate surface area is 163 Å². The molecule has 2 aliphatic rings. The lowest BCUT2D eigenvalue weighted by Gasteiger charge is -2.22. The largest absolute Gasteiger partial charge is 0.419 e. The van der Waals surface area contributed by atoms with Crippen LogP contribution < -0.4 is 5.43 Å². The van der Waals surface area contributed by atoms with Crippen LogP contribution in [0.3, 0.4) is 0 Å². The van der Waals surface area contributed by atoms with E-state index >= 15 is 0 Å². The van der Waals surface area contributed by atoms with Crippen LogP contribution in [0, 0.1) is 0 Å². The summed E-state index contributed by atoms with van der Waals surface area (Å²) in [5, 5.41) is -0.0834. The number of hydrazine groups is 1. The molecule has 11 heteroatoms. The Kier molecular flexibility index (Phi) is 5.39. The third-order valence-corrected chi connectivity index (χ3v) is 4.83. The zero-order chi connectivity index (χ0) is 20.7. The van der Waals surface area contributed by atoms with Crippen molar-refractivity contribution in [2.24, 2.45) is 0 Å². The van der Waals surface area contributed by atoms with Gasteiger partial charge in [0, 0.05) is 17.6 Å². The van der Waals surface area contributed by atoms with Crippen LogP contribution in [-0.4, -0.2) is 40.8 Å². The molecule has 2 amide bonds.